The molecule has 0 amide bonds. The van der Waals surface area contributed by atoms with Crippen LogP contribution in [0.5, 0.6) is 0 Å². The zero-order valence-corrected chi connectivity index (χ0v) is 16.4. The molecule has 1 fully saturated rings. The number of benzene rings is 2. The fourth-order valence-electron chi connectivity index (χ4n) is 5.47. The number of likely N-dealkylation sites (N-methyl/N-ethyl adjacent to an activating group) is 1. The van der Waals surface area contributed by atoms with Crippen LogP contribution in [-0.2, 0) is 7.05 Å². The number of ketones is 1. The molecule has 2 atom stereocenters. The summed E-state index contributed by atoms with van der Waals surface area (Å²) >= 11 is 0. The van der Waals surface area contributed by atoms with Gasteiger partial charge in [0.2, 0.25) is 0 Å². The van der Waals surface area contributed by atoms with Gasteiger partial charge in [-0.25, -0.2) is 4.39 Å². The average molecular weight is 386 g/mol. The summed E-state index contributed by atoms with van der Waals surface area (Å²) < 4.78 is 16.0. The van der Waals surface area contributed by atoms with E-state index in [0.717, 1.165) is 16.6 Å². The van der Waals surface area contributed by atoms with Gasteiger partial charge in [0.25, 0.3) is 0 Å². The van der Waals surface area contributed by atoms with Crippen molar-refractivity contribution >= 4 is 33.3 Å². The van der Waals surface area contributed by atoms with Crippen LogP contribution in [0.3, 0.4) is 0 Å². The first-order valence-electron chi connectivity index (χ1n) is 9.72. The maximum atomic E-state index is 14.1. The summed E-state index contributed by atoms with van der Waals surface area (Å²) in [7, 11) is 3.81. The maximum absolute atomic E-state index is 14.1. The third-order valence-corrected chi connectivity index (χ3v) is 7.19. The lowest BCUT2D eigenvalue weighted by Gasteiger charge is -2.39. The van der Waals surface area contributed by atoms with Crippen molar-refractivity contribution in [2.75, 3.05) is 11.9 Å². The molecule has 3 aliphatic rings. The minimum absolute atomic E-state index is 0.00397. The predicted octanol–water partition coefficient (Wildman–Crippen LogP) is 4.18. The number of hydrogen-bond donors (Lipinski definition) is 0. The minimum atomic E-state index is -0.704. The monoisotopic (exact) mass is 386 g/mol. The number of nitrogens with zero attached hydrogens (tertiary/aromatic N) is 2. The van der Waals surface area contributed by atoms with Crippen molar-refractivity contribution < 1.29 is 9.18 Å². The summed E-state index contributed by atoms with van der Waals surface area (Å²) in [6.07, 6.45) is 5.23. The molecular formula is C24H19FN2O2. The van der Waals surface area contributed by atoms with Crippen molar-refractivity contribution in [1.29, 1.82) is 0 Å². The number of fused-ring (bicyclic) bond motifs is 3. The number of carbonyl (C=O) groups is 1. The van der Waals surface area contributed by atoms with Crippen LogP contribution in [-0.4, -0.2) is 22.9 Å². The molecule has 0 N–H and O–H groups in total. The van der Waals surface area contributed by atoms with Gasteiger partial charge in [0.1, 0.15) is 5.83 Å². The van der Waals surface area contributed by atoms with E-state index in [9.17, 15) is 14.0 Å². The second-order valence-electron chi connectivity index (χ2n) is 8.62. The Hall–Kier alpha value is -3.21. The third-order valence-electron chi connectivity index (χ3n) is 7.19. The predicted molar refractivity (Wildman–Crippen MR) is 112 cm³/mol. The van der Waals surface area contributed by atoms with Crippen LogP contribution in [0.1, 0.15) is 22.3 Å². The summed E-state index contributed by atoms with van der Waals surface area (Å²) in [6.45, 7) is 1.99. The number of anilines is 1. The van der Waals surface area contributed by atoms with Crippen LogP contribution < -0.4 is 10.3 Å². The highest BCUT2D eigenvalue weighted by Gasteiger charge is 2.75. The fraction of sp³-hybridized carbons (Fsp3) is 0.250. The van der Waals surface area contributed by atoms with Crippen LogP contribution in [0.25, 0.3) is 21.8 Å². The highest BCUT2D eigenvalue weighted by molar-refractivity contribution is 6.16. The van der Waals surface area contributed by atoms with Crippen molar-refractivity contribution in [3.05, 3.63) is 75.7 Å². The van der Waals surface area contributed by atoms with Crippen molar-refractivity contribution in [3.8, 4) is 0 Å². The number of aryl methyl sites for hydroxylation is 2. The van der Waals surface area contributed by atoms with Crippen molar-refractivity contribution in [3.63, 3.8) is 0 Å². The number of Topliss-reactive ketones (excluding diaryl/α,β-unsaturated/α-hetero) is 1. The summed E-state index contributed by atoms with van der Waals surface area (Å²) in [5.74, 6) is -0.316. The van der Waals surface area contributed by atoms with E-state index in [2.05, 4.69) is 0 Å². The Balaban J connectivity index is 1.71. The first-order valence-corrected chi connectivity index (χ1v) is 9.72. The normalized spacial score (nSPS) is 27.0. The summed E-state index contributed by atoms with van der Waals surface area (Å²) in [5, 5.41) is 1.23. The molecule has 1 aromatic heterocycles. The van der Waals surface area contributed by atoms with Gasteiger partial charge in [-0.3, -0.25) is 9.59 Å². The summed E-state index contributed by atoms with van der Waals surface area (Å²) in [5.41, 5.74) is 2.53. The lowest BCUT2D eigenvalue weighted by molar-refractivity contribution is 0.0913. The van der Waals surface area contributed by atoms with E-state index in [1.54, 1.807) is 12.2 Å². The molecule has 6 rings (SSSR count). The SMILES string of the molecule is Cc1ccc2c(=O)c3cc4c(cc3n(C)c2c1)C(=O)C12C=CC(F)=CC1(C2)N4C. The molecule has 3 aromatic rings. The Kier molecular flexibility index (Phi) is 2.80. The average Bonchev–Trinajstić information content (AvgIpc) is 3.40. The van der Waals surface area contributed by atoms with Crippen LogP contribution in [0, 0.1) is 12.3 Å². The highest BCUT2D eigenvalue weighted by atomic mass is 19.1. The quantitative estimate of drug-likeness (QED) is 0.544. The van der Waals surface area contributed by atoms with Gasteiger partial charge >= 0.3 is 0 Å². The molecule has 0 saturated heterocycles. The molecule has 2 unspecified atom stereocenters. The van der Waals surface area contributed by atoms with Crippen molar-refractivity contribution in [2.45, 2.75) is 18.9 Å². The molecule has 0 radical (unpaired) electrons. The molecule has 2 aromatic carbocycles. The van der Waals surface area contributed by atoms with Gasteiger partial charge in [0, 0.05) is 36.1 Å². The number of rotatable bonds is 0. The molecule has 1 saturated carbocycles. The van der Waals surface area contributed by atoms with E-state index < -0.39 is 11.0 Å². The molecule has 4 nitrogen and oxygen atoms in total. The van der Waals surface area contributed by atoms with E-state index in [-0.39, 0.29) is 17.0 Å². The fourth-order valence-corrected chi connectivity index (χ4v) is 5.47. The molecule has 29 heavy (non-hydrogen) atoms. The Morgan fingerprint density at radius 2 is 1.79 bits per heavy atom. The Morgan fingerprint density at radius 3 is 2.59 bits per heavy atom. The molecular weight excluding hydrogens is 367 g/mol. The molecule has 5 heteroatoms. The number of hydrogen-bond acceptors (Lipinski definition) is 3. The van der Waals surface area contributed by atoms with Crippen LogP contribution in [0.15, 0.2) is 59.2 Å². The first kappa shape index (κ1) is 16.7. The molecule has 2 heterocycles. The highest BCUT2D eigenvalue weighted by Crippen LogP contribution is 2.68. The van der Waals surface area contributed by atoms with Crippen molar-refractivity contribution in [1.82, 2.24) is 4.57 Å². The Bertz CT molecular complexity index is 1430. The third kappa shape index (κ3) is 1.75. The molecule has 0 bridgehead atoms. The lowest BCUT2D eigenvalue weighted by Crippen LogP contribution is -2.45. The van der Waals surface area contributed by atoms with Crippen LogP contribution in [0.2, 0.25) is 0 Å². The Morgan fingerprint density at radius 1 is 1.03 bits per heavy atom. The zero-order valence-electron chi connectivity index (χ0n) is 16.4. The number of aromatic nitrogens is 1. The van der Waals surface area contributed by atoms with Gasteiger partial charge in [0.15, 0.2) is 11.2 Å². The zero-order chi connectivity index (χ0) is 20.3. The number of pyridine rings is 1. The number of halogens is 1. The largest absolute Gasteiger partial charge is 0.363 e. The van der Waals surface area contributed by atoms with Crippen LogP contribution in [0.4, 0.5) is 10.1 Å². The summed E-state index contributed by atoms with van der Waals surface area (Å²) in [6, 6.07) is 9.43. The molecule has 1 aliphatic heterocycles. The number of allylic oxidation sites excluding steroid dienone is 2. The van der Waals surface area contributed by atoms with Gasteiger partial charge in [-0.15, -0.1) is 0 Å². The van der Waals surface area contributed by atoms with Crippen LogP contribution >= 0.6 is 0 Å². The van der Waals surface area contributed by atoms with Gasteiger partial charge in [-0.05, 0) is 55.3 Å². The number of carbonyl (C=O) groups excluding carboxylic acids is 1. The van der Waals surface area contributed by atoms with Gasteiger partial charge < -0.3 is 9.47 Å². The standard InChI is InChI=1S/C24H19FN2O2/c1-13-4-5-15-18(8-13)26(2)19-10-17-20(9-16(19)21(15)28)27(3)24-11-14(25)6-7-23(24,12-24)22(17)29/h4-11H,12H2,1-3H3. The van der Waals surface area contributed by atoms with Crippen molar-refractivity contribution in [2.24, 2.45) is 12.5 Å². The van der Waals surface area contributed by atoms with E-state index in [1.165, 1.54) is 6.08 Å². The molecule has 0 spiro atoms. The maximum Gasteiger partial charge on any atom is 0.197 e. The summed E-state index contributed by atoms with van der Waals surface area (Å²) in [4.78, 5) is 28.7. The van der Waals surface area contributed by atoms with Gasteiger partial charge in [-0.1, -0.05) is 12.1 Å². The second-order valence-corrected chi connectivity index (χ2v) is 8.62. The second kappa shape index (κ2) is 4.85. The lowest BCUT2D eigenvalue weighted by atomic mass is 9.81. The Labute approximate surface area is 166 Å². The van der Waals surface area contributed by atoms with E-state index in [1.807, 2.05) is 60.8 Å². The molecule has 144 valence electrons. The minimum Gasteiger partial charge on any atom is -0.363 e. The van der Waals surface area contributed by atoms with E-state index in [4.69, 9.17) is 0 Å². The topological polar surface area (TPSA) is 42.3 Å². The van der Waals surface area contributed by atoms with E-state index in [0.29, 0.717) is 28.4 Å². The van der Waals surface area contributed by atoms with Gasteiger partial charge in [-0.2, -0.15) is 0 Å². The van der Waals surface area contributed by atoms with Gasteiger partial charge in [0.05, 0.1) is 22.0 Å². The van der Waals surface area contributed by atoms with E-state index >= 15 is 0 Å². The molecule has 2 aliphatic carbocycles. The first-order chi connectivity index (χ1) is 13.8. The smallest absolute Gasteiger partial charge is 0.197 e.